The zero-order valence-electron chi connectivity index (χ0n) is 14.7. The van der Waals surface area contributed by atoms with Crippen LogP contribution in [0.1, 0.15) is 16.8 Å². The number of fused-ring (bicyclic) bond motifs is 1. The lowest BCUT2D eigenvalue weighted by molar-refractivity contribution is 0.0941. The van der Waals surface area contributed by atoms with E-state index in [0.29, 0.717) is 36.0 Å². The summed E-state index contributed by atoms with van der Waals surface area (Å²) in [6, 6.07) is 3.92. The van der Waals surface area contributed by atoms with Gasteiger partial charge < -0.3 is 20.9 Å². The minimum absolute atomic E-state index is 0.0699. The molecule has 1 saturated heterocycles. The predicted octanol–water partition coefficient (Wildman–Crippen LogP) is 2.74. The van der Waals surface area contributed by atoms with Crippen LogP contribution in [0.15, 0.2) is 30.7 Å². The second kappa shape index (κ2) is 7.20. The van der Waals surface area contributed by atoms with Crippen molar-refractivity contribution in [1.29, 1.82) is 0 Å². The number of hydrogen-bond acceptors (Lipinski definition) is 5. The summed E-state index contributed by atoms with van der Waals surface area (Å²) in [6.07, 6.45) is 3.76. The van der Waals surface area contributed by atoms with E-state index in [-0.39, 0.29) is 17.1 Å². The van der Waals surface area contributed by atoms with Gasteiger partial charge in [-0.05, 0) is 24.6 Å². The molecule has 0 bridgehead atoms. The Bertz CT molecular complexity index is 1060. The van der Waals surface area contributed by atoms with Crippen LogP contribution in [0.5, 0.6) is 0 Å². The van der Waals surface area contributed by atoms with E-state index in [2.05, 4.69) is 20.3 Å². The molecule has 4 rings (SSSR count). The molecule has 0 radical (unpaired) electrons. The standard InChI is InChI=1S/C18H17Cl2FN6O/c19-10-1-2-11(13(21)5-10)17(28)24-7-18(22)3-4-27(8-18)16-14-12(20)6-23-15(14)25-9-26-16/h1-2,5-6,9H,3-4,7-8,22H2,(H,24,28)(H,23,25,26)/t18-/m0/s1. The number of anilines is 1. The van der Waals surface area contributed by atoms with Crippen LogP contribution in [0.3, 0.4) is 0 Å². The molecule has 146 valence electrons. The van der Waals surface area contributed by atoms with Crippen LogP contribution in [-0.4, -0.2) is 46.0 Å². The summed E-state index contributed by atoms with van der Waals surface area (Å²) in [5.74, 6) is -0.510. The maximum absolute atomic E-state index is 13.9. The second-order valence-corrected chi connectivity index (χ2v) is 7.74. The number of halogens is 3. The quantitative estimate of drug-likeness (QED) is 0.599. The number of aromatic amines is 1. The maximum atomic E-state index is 13.9. The van der Waals surface area contributed by atoms with E-state index in [1.807, 2.05) is 4.90 Å². The van der Waals surface area contributed by atoms with Gasteiger partial charge in [-0.1, -0.05) is 23.2 Å². The summed E-state index contributed by atoms with van der Waals surface area (Å²) in [5.41, 5.74) is 6.37. The van der Waals surface area contributed by atoms with Crippen LogP contribution >= 0.6 is 23.2 Å². The lowest BCUT2D eigenvalue weighted by Crippen LogP contribution is -2.52. The average Bonchev–Trinajstić information content (AvgIpc) is 3.24. The Morgan fingerprint density at radius 2 is 2.21 bits per heavy atom. The van der Waals surface area contributed by atoms with E-state index in [0.717, 1.165) is 11.5 Å². The number of amides is 1. The lowest BCUT2D eigenvalue weighted by atomic mass is 10.00. The van der Waals surface area contributed by atoms with Crippen LogP contribution in [0.4, 0.5) is 10.2 Å². The number of aromatic nitrogens is 3. The molecule has 2 aromatic heterocycles. The fraction of sp³-hybridized carbons (Fsp3) is 0.278. The fourth-order valence-electron chi connectivity index (χ4n) is 3.40. The van der Waals surface area contributed by atoms with Gasteiger partial charge in [0.2, 0.25) is 0 Å². The van der Waals surface area contributed by atoms with Gasteiger partial charge in [-0.2, -0.15) is 0 Å². The Balaban J connectivity index is 1.46. The number of nitrogens with zero attached hydrogens (tertiary/aromatic N) is 3. The van der Waals surface area contributed by atoms with Crippen LogP contribution < -0.4 is 16.0 Å². The number of H-pyrrole nitrogens is 1. The molecule has 1 amide bonds. The smallest absolute Gasteiger partial charge is 0.254 e. The van der Waals surface area contributed by atoms with Crippen LogP contribution in [-0.2, 0) is 0 Å². The highest BCUT2D eigenvalue weighted by Crippen LogP contribution is 2.33. The van der Waals surface area contributed by atoms with Crippen molar-refractivity contribution in [2.24, 2.45) is 5.73 Å². The molecule has 3 heterocycles. The molecule has 1 aliphatic heterocycles. The molecule has 7 nitrogen and oxygen atoms in total. The van der Waals surface area contributed by atoms with Crippen molar-refractivity contribution in [3.05, 3.63) is 52.1 Å². The molecular formula is C18H17Cl2FN6O. The largest absolute Gasteiger partial charge is 0.354 e. The van der Waals surface area contributed by atoms with Gasteiger partial charge in [-0.15, -0.1) is 0 Å². The normalized spacial score (nSPS) is 19.4. The third-order valence-corrected chi connectivity index (χ3v) is 5.40. The molecule has 0 saturated carbocycles. The summed E-state index contributed by atoms with van der Waals surface area (Å²) >= 11 is 12.0. The topological polar surface area (TPSA) is 99.9 Å². The van der Waals surface area contributed by atoms with Crippen LogP contribution in [0, 0.1) is 5.82 Å². The SMILES string of the molecule is N[C@]1(CNC(=O)c2ccc(Cl)cc2F)CCN(c2ncnc3[nH]cc(Cl)c23)C1. The van der Waals surface area contributed by atoms with E-state index in [4.69, 9.17) is 28.9 Å². The van der Waals surface area contributed by atoms with Crippen molar-refractivity contribution in [2.45, 2.75) is 12.0 Å². The summed E-state index contributed by atoms with van der Waals surface area (Å²) in [4.78, 5) is 25.8. The van der Waals surface area contributed by atoms with E-state index in [1.165, 1.54) is 18.5 Å². The minimum atomic E-state index is -0.682. The third kappa shape index (κ3) is 3.50. The third-order valence-electron chi connectivity index (χ3n) is 4.86. The zero-order chi connectivity index (χ0) is 19.9. The van der Waals surface area contributed by atoms with E-state index in [1.54, 1.807) is 6.20 Å². The molecule has 1 fully saturated rings. The highest BCUT2D eigenvalue weighted by atomic mass is 35.5. The lowest BCUT2D eigenvalue weighted by Gasteiger charge is -2.25. The molecule has 0 unspecified atom stereocenters. The van der Waals surface area contributed by atoms with Gasteiger partial charge in [0.05, 0.1) is 21.5 Å². The Hall–Kier alpha value is -2.42. The predicted molar refractivity (Wildman–Crippen MR) is 106 cm³/mol. The van der Waals surface area contributed by atoms with Crippen molar-refractivity contribution in [2.75, 3.05) is 24.5 Å². The number of benzene rings is 1. The Morgan fingerprint density at radius 3 is 3.00 bits per heavy atom. The first-order valence-electron chi connectivity index (χ1n) is 8.61. The number of nitrogens with two attached hydrogens (primary N) is 1. The first-order chi connectivity index (χ1) is 13.4. The van der Waals surface area contributed by atoms with Gasteiger partial charge in [0.15, 0.2) is 0 Å². The average molecular weight is 423 g/mol. The van der Waals surface area contributed by atoms with Crippen molar-refractivity contribution in [1.82, 2.24) is 20.3 Å². The Morgan fingerprint density at radius 1 is 1.39 bits per heavy atom. The molecular weight excluding hydrogens is 406 g/mol. The number of nitrogens with one attached hydrogen (secondary N) is 2. The van der Waals surface area contributed by atoms with Crippen LogP contribution in [0.2, 0.25) is 10.0 Å². The zero-order valence-corrected chi connectivity index (χ0v) is 16.2. The van der Waals surface area contributed by atoms with Gasteiger partial charge >= 0.3 is 0 Å². The highest BCUT2D eigenvalue weighted by molar-refractivity contribution is 6.36. The van der Waals surface area contributed by atoms with Crippen molar-refractivity contribution in [3.8, 4) is 0 Å². The van der Waals surface area contributed by atoms with E-state index in [9.17, 15) is 9.18 Å². The van der Waals surface area contributed by atoms with Gasteiger partial charge in [-0.25, -0.2) is 14.4 Å². The first-order valence-corrected chi connectivity index (χ1v) is 9.36. The first kappa shape index (κ1) is 18.9. The van der Waals surface area contributed by atoms with E-state index < -0.39 is 17.3 Å². The monoisotopic (exact) mass is 422 g/mol. The molecule has 1 aliphatic rings. The maximum Gasteiger partial charge on any atom is 0.254 e. The number of carbonyl (C=O) groups is 1. The highest BCUT2D eigenvalue weighted by Gasteiger charge is 2.36. The van der Waals surface area contributed by atoms with Gasteiger partial charge in [-0.3, -0.25) is 4.79 Å². The van der Waals surface area contributed by atoms with E-state index >= 15 is 0 Å². The van der Waals surface area contributed by atoms with Crippen molar-refractivity contribution >= 4 is 46.0 Å². The molecule has 0 aliphatic carbocycles. The minimum Gasteiger partial charge on any atom is -0.354 e. The van der Waals surface area contributed by atoms with Gasteiger partial charge in [0.1, 0.15) is 23.6 Å². The molecule has 1 atom stereocenters. The molecule has 1 aromatic carbocycles. The molecule has 28 heavy (non-hydrogen) atoms. The number of hydrogen-bond donors (Lipinski definition) is 3. The van der Waals surface area contributed by atoms with Crippen molar-refractivity contribution < 1.29 is 9.18 Å². The molecule has 0 spiro atoms. The summed E-state index contributed by atoms with van der Waals surface area (Å²) in [6.45, 7) is 1.30. The van der Waals surface area contributed by atoms with Crippen molar-refractivity contribution in [3.63, 3.8) is 0 Å². The van der Waals surface area contributed by atoms with Gasteiger partial charge in [0, 0.05) is 30.9 Å². The number of carbonyl (C=O) groups excluding carboxylic acids is 1. The molecule has 3 aromatic rings. The summed E-state index contributed by atoms with van der Waals surface area (Å²) < 4.78 is 13.9. The summed E-state index contributed by atoms with van der Waals surface area (Å²) in [7, 11) is 0. The fourth-order valence-corrected chi connectivity index (χ4v) is 3.78. The molecule has 10 heteroatoms. The molecule has 4 N–H and O–H groups in total. The Labute approximate surface area is 170 Å². The number of rotatable bonds is 4. The van der Waals surface area contributed by atoms with Crippen LogP contribution in [0.25, 0.3) is 11.0 Å². The van der Waals surface area contributed by atoms with Gasteiger partial charge in [0.25, 0.3) is 5.91 Å². The summed E-state index contributed by atoms with van der Waals surface area (Å²) in [5, 5.41) is 4.22. The Kier molecular flexibility index (Phi) is 4.86. The second-order valence-electron chi connectivity index (χ2n) is 6.90.